The van der Waals surface area contributed by atoms with Gasteiger partial charge in [0, 0.05) is 11.6 Å². The van der Waals surface area contributed by atoms with Crippen LogP contribution in [0.3, 0.4) is 0 Å². The highest BCUT2D eigenvalue weighted by molar-refractivity contribution is 6.01. The molecule has 2 aromatic rings. The quantitative estimate of drug-likeness (QED) is 0.653. The topological polar surface area (TPSA) is 59.9 Å². The summed E-state index contributed by atoms with van der Waals surface area (Å²) in [4.78, 5) is 12.3. The summed E-state index contributed by atoms with van der Waals surface area (Å²) in [6.45, 7) is 3.96. The number of aryl methyl sites for hydroxylation is 1. The lowest BCUT2D eigenvalue weighted by Crippen LogP contribution is -2.19. The molecule has 0 saturated heterocycles. The van der Waals surface area contributed by atoms with E-state index in [-0.39, 0.29) is 5.91 Å². The lowest BCUT2D eigenvalue weighted by Gasteiger charge is -2.08. The van der Waals surface area contributed by atoms with Gasteiger partial charge in [-0.1, -0.05) is 31.2 Å². The molecule has 0 aliphatic rings. The second-order valence-electron chi connectivity index (χ2n) is 5.29. The molecule has 5 heteroatoms. The molecule has 0 atom stereocenters. The van der Waals surface area contributed by atoms with Crippen molar-refractivity contribution >= 4 is 11.6 Å². The van der Waals surface area contributed by atoms with Crippen molar-refractivity contribution in [2.45, 2.75) is 20.3 Å². The Morgan fingerprint density at radius 2 is 1.58 bits per heavy atom. The van der Waals surface area contributed by atoms with Gasteiger partial charge in [0.1, 0.15) is 11.5 Å². The van der Waals surface area contributed by atoms with Crippen LogP contribution in [0.4, 0.5) is 0 Å². The maximum Gasteiger partial charge on any atom is 0.271 e. The molecule has 1 N–H and O–H groups in total. The monoisotopic (exact) mass is 326 g/mol. The number of hydrogen-bond donors (Lipinski definition) is 1. The van der Waals surface area contributed by atoms with E-state index in [1.807, 2.05) is 19.1 Å². The van der Waals surface area contributed by atoms with Gasteiger partial charge in [-0.05, 0) is 36.6 Å². The summed E-state index contributed by atoms with van der Waals surface area (Å²) >= 11 is 0. The fourth-order valence-corrected chi connectivity index (χ4v) is 2.18. The Morgan fingerprint density at radius 1 is 1.00 bits per heavy atom. The third kappa shape index (κ3) is 4.35. The predicted octanol–water partition coefficient (Wildman–Crippen LogP) is 3.42. The number of benzene rings is 2. The number of rotatable bonds is 6. The van der Waals surface area contributed by atoms with Gasteiger partial charge in [-0.15, -0.1) is 0 Å². The highest BCUT2D eigenvalue weighted by atomic mass is 16.5. The van der Waals surface area contributed by atoms with Crippen molar-refractivity contribution in [3.05, 3.63) is 59.2 Å². The third-order valence-electron chi connectivity index (χ3n) is 3.72. The molecule has 0 aliphatic carbocycles. The number of carbonyl (C=O) groups is 1. The lowest BCUT2D eigenvalue weighted by atomic mass is 10.1. The molecule has 0 aliphatic heterocycles. The van der Waals surface area contributed by atoms with Gasteiger partial charge in [-0.3, -0.25) is 4.79 Å². The smallest absolute Gasteiger partial charge is 0.271 e. The van der Waals surface area contributed by atoms with E-state index in [1.165, 1.54) is 5.56 Å². The number of amides is 1. The molecule has 0 unspecified atom stereocenters. The molecular weight excluding hydrogens is 304 g/mol. The van der Waals surface area contributed by atoms with Crippen LogP contribution in [0.2, 0.25) is 0 Å². The number of nitrogens with zero attached hydrogens (tertiary/aromatic N) is 1. The average Bonchev–Trinajstić information content (AvgIpc) is 2.65. The largest absolute Gasteiger partial charge is 0.497 e. The first-order valence-corrected chi connectivity index (χ1v) is 7.74. The molecule has 5 nitrogen and oxygen atoms in total. The molecule has 2 aromatic carbocycles. The summed E-state index contributed by atoms with van der Waals surface area (Å²) in [5.74, 6) is 0.780. The van der Waals surface area contributed by atoms with Gasteiger partial charge in [-0.2, -0.15) is 5.10 Å². The Morgan fingerprint density at radius 3 is 2.08 bits per heavy atom. The number of ether oxygens (including phenoxy) is 2. The summed E-state index contributed by atoms with van der Waals surface area (Å²) in [6.07, 6.45) is 0.991. The van der Waals surface area contributed by atoms with Crippen LogP contribution in [0.5, 0.6) is 11.5 Å². The van der Waals surface area contributed by atoms with E-state index in [1.54, 1.807) is 32.4 Å². The summed E-state index contributed by atoms with van der Waals surface area (Å²) in [7, 11) is 3.08. The summed E-state index contributed by atoms with van der Waals surface area (Å²) < 4.78 is 10.3. The van der Waals surface area contributed by atoms with Gasteiger partial charge >= 0.3 is 0 Å². The van der Waals surface area contributed by atoms with Crippen molar-refractivity contribution in [3.8, 4) is 11.5 Å². The Hall–Kier alpha value is -2.82. The first-order valence-electron chi connectivity index (χ1n) is 7.74. The first-order chi connectivity index (χ1) is 11.6. The zero-order valence-corrected chi connectivity index (χ0v) is 14.4. The number of hydrazone groups is 1. The molecule has 0 fully saturated rings. The van der Waals surface area contributed by atoms with Crippen LogP contribution in [0, 0.1) is 0 Å². The Kier molecular flexibility index (Phi) is 5.95. The number of carbonyl (C=O) groups excluding carboxylic acids is 1. The van der Waals surface area contributed by atoms with E-state index in [0.29, 0.717) is 17.1 Å². The van der Waals surface area contributed by atoms with E-state index in [0.717, 1.165) is 17.7 Å². The molecule has 2 rings (SSSR count). The number of hydrogen-bond acceptors (Lipinski definition) is 4. The molecule has 0 bridgehead atoms. The highest BCUT2D eigenvalue weighted by Gasteiger charge is 2.09. The van der Waals surface area contributed by atoms with Gasteiger partial charge in [-0.25, -0.2) is 5.43 Å². The minimum atomic E-state index is -0.322. The van der Waals surface area contributed by atoms with Crippen LogP contribution < -0.4 is 14.9 Å². The van der Waals surface area contributed by atoms with Crippen molar-refractivity contribution < 1.29 is 14.3 Å². The number of methoxy groups -OCH3 is 2. The zero-order chi connectivity index (χ0) is 17.5. The van der Waals surface area contributed by atoms with Gasteiger partial charge in [0.2, 0.25) is 0 Å². The van der Waals surface area contributed by atoms with E-state index >= 15 is 0 Å². The zero-order valence-electron chi connectivity index (χ0n) is 14.4. The Labute approximate surface area is 142 Å². The van der Waals surface area contributed by atoms with Gasteiger partial charge in [0.05, 0.1) is 19.9 Å². The molecule has 126 valence electrons. The van der Waals surface area contributed by atoms with Gasteiger partial charge in [0.15, 0.2) is 0 Å². The third-order valence-corrected chi connectivity index (χ3v) is 3.72. The predicted molar refractivity (Wildman–Crippen MR) is 95.0 cm³/mol. The minimum Gasteiger partial charge on any atom is -0.497 e. The Balaban J connectivity index is 2.13. The summed E-state index contributed by atoms with van der Waals surface area (Å²) in [5.41, 5.74) is 5.95. The molecule has 24 heavy (non-hydrogen) atoms. The van der Waals surface area contributed by atoms with Crippen LogP contribution in [-0.4, -0.2) is 25.8 Å². The normalized spacial score (nSPS) is 11.1. The molecule has 0 spiro atoms. The van der Waals surface area contributed by atoms with E-state index in [9.17, 15) is 4.79 Å². The molecule has 0 aromatic heterocycles. The minimum absolute atomic E-state index is 0.322. The molecule has 0 saturated carbocycles. The second-order valence-corrected chi connectivity index (χ2v) is 5.29. The van der Waals surface area contributed by atoms with Crippen LogP contribution in [0.15, 0.2) is 47.6 Å². The Bertz CT molecular complexity index is 715. The standard InChI is InChI=1S/C19H22N2O3/c1-5-14-6-8-15(9-7-14)13(2)20-21-19(22)16-10-17(23-3)12-18(11-16)24-4/h6-12H,5H2,1-4H3,(H,21,22)/b20-13+. The average molecular weight is 326 g/mol. The maximum absolute atomic E-state index is 12.3. The fourth-order valence-electron chi connectivity index (χ4n) is 2.18. The maximum atomic E-state index is 12.3. The van der Waals surface area contributed by atoms with Crippen molar-refractivity contribution in [2.75, 3.05) is 14.2 Å². The van der Waals surface area contributed by atoms with Gasteiger partial charge in [0.25, 0.3) is 5.91 Å². The first kappa shape index (κ1) is 17.5. The van der Waals surface area contributed by atoms with Crippen LogP contribution in [0.25, 0.3) is 0 Å². The number of nitrogens with one attached hydrogen (secondary N) is 1. The van der Waals surface area contributed by atoms with Crippen molar-refractivity contribution in [2.24, 2.45) is 5.10 Å². The van der Waals surface area contributed by atoms with Crippen molar-refractivity contribution in [1.29, 1.82) is 0 Å². The van der Waals surface area contributed by atoms with E-state index in [4.69, 9.17) is 9.47 Å². The molecule has 0 heterocycles. The molecular formula is C19H22N2O3. The SMILES string of the molecule is CCc1ccc(/C(C)=N/NC(=O)c2cc(OC)cc(OC)c2)cc1. The highest BCUT2D eigenvalue weighted by Crippen LogP contribution is 2.22. The van der Waals surface area contributed by atoms with Crippen LogP contribution in [0.1, 0.15) is 35.3 Å². The summed E-state index contributed by atoms with van der Waals surface area (Å²) in [5, 5.41) is 4.17. The van der Waals surface area contributed by atoms with Gasteiger partial charge < -0.3 is 9.47 Å². The van der Waals surface area contributed by atoms with Crippen molar-refractivity contribution in [1.82, 2.24) is 5.43 Å². The lowest BCUT2D eigenvalue weighted by molar-refractivity contribution is 0.0954. The van der Waals surface area contributed by atoms with E-state index < -0.39 is 0 Å². The molecule has 1 amide bonds. The fraction of sp³-hybridized carbons (Fsp3) is 0.263. The van der Waals surface area contributed by atoms with Crippen molar-refractivity contribution in [3.63, 3.8) is 0 Å². The van der Waals surface area contributed by atoms with E-state index in [2.05, 4.69) is 29.6 Å². The molecule has 0 radical (unpaired) electrons. The van der Waals surface area contributed by atoms with Crippen LogP contribution >= 0.6 is 0 Å². The van der Waals surface area contributed by atoms with Crippen LogP contribution in [-0.2, 0) is 6.42 Å². The summed E-state index contributed by atoms with van der Waals surface area (Å²) in [6, 6.07) is 13.1. The second kappa shape index (κ2) is 8.15.